The van der Waals surface area contributed by atoms with E-state index >= 15 is 0 Å². The van der Waals surface area contributed by atoms with Crippen LogP contribution in [0.3, 0.4) is 0 Å². The minimum Gasteiger partial charge on any atom is -0.465 e. The Morgan fingerprint density at radius 2 is 2.08 bits per heavy atom. The Kier molecular flexibility index (Phi) is 2.79. The van der Waals surface area contributed by atoms with E-state index in [1.54, 1.807) is 0 Å². The Labute approximate surface area is 73.0 Å². The standard InChI is InChI=1S/C8H7F2NO2/c9-6-4-2-1-3-5(6)7(10)11-8(12)13/h1-4,7,11H,(H,12,13). The van der Waals surface area contributed by atoms with Gasteiger partial charge in [0.2, 0.25) is 6.30 Å². The first-order chi connectivity index (χ1) is 6.11. The summed E-state index contributed by atoms with van der Waals surface area (Å²) >= 11 is 0. The molecular weight excluding hydrogens is 180 g/mol. The Hall–Kier alpha value is -1.65. The lowest BCUT2D eigenvalue weighted by molar-refractivity contribution is 0.172. The molecule has 1 atom stereocenters. The number of carbonyl (C=O) groups is 1. The van der Waals surface area contributed by atoms with Crippen molar-refractivity contribution in [1.82, 2.24) is 5.32 Å². The van der Waals surface area contributed by atoms with Crippen molar-refractivity contribution >= 4 is 6.09 Å². The maximum Gasteiger partial charge on any atom is 0.407 e. The second kappa shape index (κ2) is 3.84. The summed E-state index contributed by atoms with van der Waals surface area (Å²) < 4.78 is 25.7. The monoisotopic (exact) mass is 187 g/mol. The molecule has 0 saturated heterocycles. The molecule has 5 heteroatoms. The summed E-state index contributed by atoms with van der Waals surface area (Å²) in [5.41, 5.74) is -0.315. The van der Waals surface area contributed by atoms with Crippen LogP contribution in [0.5, 0.6) is 0 Å². The molecule has 0 saturated carbocycles. The highest BCUT2D eigenvalue weighted by atomic mass is 19.1. The topological polar surface area (TPSA) is 49.3 Å². The summed E-state index contributed by atoms with van der Waals surface area (Å²) in [4.78, 5) is 10.0. The zero-order valence-corrected chi connectivity index (χ0v) is 6.50. The van der Waals surface area contributed by atoms with Crippen LogP contribution in [0, 0.1) is 5.82 Å². The molecule has 3 nitrogen and oxygen atoms in total. The van der Waals surface area contributed by atoms with Crippen LogP contribution >= 0.6 is 0 Å². The number of alkyl halides is 1. The minimum atomic E-state index is -2.03. The Bertz CT molecular complexity index is 317. The van der Waals surface area contributed by atoms with E-state index in [1.807, 2.05) is 0 Å². The highest BCUT2D eigenvalue weighted by molar-refractivity contribution is 5.64. The van der Waals surface area contributed by atoms with Crippen molar-refractivity contribution in [2.45, 2.75) is 6.30 Å². The van der Waals surface area contributed by atoms with Gasteiger partial charge in [-0.1, -0.05) is 18.2 Å². The molecule has 1 unspecified atom stereocenters. The third-order valence-electron chi connectivity index (χ3n) is 1.43. The van der Waals surface area contributed by atoms with Crippen molar-refractivity contribution in [2.24, 2.45) is 0 Å². The van der Waals surface area contributed by atoms with Crippen LogP contribution < -0.4 is 5.32 Å². The first kappa shape index (κ1) is 9.44. The molecule has 1 amide bonds. The molecular formula is C8H7F2NO2. The lowest BCUT2D eigenvalue weighted by atomic mass is 10.2. The van der Waals surface area contributed by atoms with Crippen LogP contribution in [0.25, 0.3) is 0 Å². The third-order valence-corrected chi connectivity index (χ3v) is 1.43. The van der Waals surface area contributed by atoms with Gasteiger partial charge in [-0.15, -0.1) is 0 Å². The molecule has 2 N–H and O–H groups in total. The average Bonchev–Trinajstić information content (AvgIpc) is 2.03. The molecule has 0 heterocycles. The van der Waals surface area contributed by atoms with E-state index in [2.05, 4.69) is 0 Å². The molecule has 1 aromatic carbocycles. The van der Waals surface area contributed by atoms with Gasteiger partial charge in [-0.25, -0.2) is 13.6 Å². The molecule has 0 bridgehead atoms. The lowest BCUT2D eigenvalue weighted by Gasteiger charge is -2.08. The summed E-state index contributed by atoms with van der Waals surface area (Å²) in [7, 11) is 0. The number of carboxylic acid groups (broad SMARTS) is 1. The second-order valence-electron chi connectivity index (χ2n) is 2.33. The van der Waals surface area contributed by atoms with Gasteiger partial charge in [0.25, 0.3) is 0 Å². The van der Waals surface area contributed by atoms with Crippen LogP contribution in [0.2, 0.25) is 0 Å². The number of halogens is 2. The molecule has 0 radical (unpaired) electrons. The fraction of sp³-hybridized carbons (Fsp3) is 0.125. The molecule has 1 aromatic rings. The van der Waals surface area contributed by atoms with Gasteiger partial charge in [-0.3, -0.25) is 5.32 Å². The number of amides is 1. The fourth-order valence-corrected chi connectivity index (χ4v) is 0.867. The smallest absolute Gasteiger partial charge is 0.407 e. The number of hydrogen-bond acceptors (Lipinski definition) is 1. The first-order valence-electron chi connectivity index (χ1n) is 3.49. The van der Waals surface area contributed by atoms with E-state index in [0.717, 1.165) is 6.07 Å². The fourth-order valence-electron chi connectivity index (χ4n) is 0.867. The van der Waals surface area contributed by atoms with Crippen LogP contribution in [0.1, 0.15) is 11.9 Å². The highest BCUT2D eigenvalue weighted by Gasteiger charge is 2.15. The molecule has 13 heavy (non-hydrogen) atoms. The Morgan fingerprint density at radius 3 is 2.62 bits per heavy atom. The quantitative estimate of drug-likeness (QED) is 0.696. The number of rotatable bonds is 2. The van der Waals surface area contributed by atoms with Gasteiger partial charge < -0.3 is 5.11 Å². The van der Waals surface area contributed by atoms with Gasteiger partial charge in [-0.05, 0) is 6.07 Å². The van der Waals surface area contributed by atoms with Crippen molar-refractivity contribution in [3.05, 3.63) is 35.6 Å². The molecule has 70 valence electrons. The van der Waals surface area contributed by atoms with Gasteiger partial charge in [0.15, 0.2) is 0 Å². The molecule has 0 aromatic heterocycles. The molecule has 0 aliphatic heterocycles. The SMILES string of the molecule is O=C(O)NC(F)c1ccccc1F. The summed E-state index contributed by atoms with van der Waals surface area (Å²) in [6.07, 6.45) is -3.56. The zero-order chi connectivity index (χ0) is 9.84. The van der Waals surface area contributed by atoms with E-state index in [-0.39, 0.29) is 5.56 Å². The summed E-state index contributed by atoms with van der Waals surface area (Å²) in [6.45, 7) is 0. The maximum atomic E-state index is 12.9. The van der Waals surface area contributed by atoms with Crippen LogP contribution in [-0.2, 0) is 0 Å². The van der Waals surface area contributed by atoms with Crippen molar-refractivity contribution in [3.63, 3.8) is 0 Å². The van der Waals surface area contributed by atoms with Gasteiger partial charge in [0.1, 0.15) is 5.82 Å². The van der Waals surface area contributed by atoms with Crippen LogP contribution in [0.15, 0.2) is 24.3 Å². The third kappa shape index (κ3) is 2.40. The van der Waals surface area contributed by atoms with E-state index in [9.17, 15) is 13.6 Å². The van der Waals surface area contributed by atoms with Gasteiger partial charge >= 0.3 is 6.09 Å². The summed E-state index contributed by atoms with van der Waals surface area (Å²) in [5.74, 6) is -0.774. The van der Waals surface area contributed by atoms with Crippen LogP contribution in [0.4, 0.5) is 13.6 Å². The van der Waals surface area contributed by atoms with Gasteiger partial charge in [0.05, 0.1) is 0 Å². The molecule has 0 fully saturated rings. The van der Waals surface area contributed by atoms with Crippen molar-refractivity contribution < 1.29 is 18.7 Å². The zero-order valence-electron chi connectivity index (χ0n) is 6.50. The Balaban J connectivity index is 2.82. The molecule has 0 aliphatic carbocycles. The molecule has 0 spiro atoms. The van der Waals surface area contributed by atoms with E-state index in [1.165, 1.54) is 23.5 Å². The number of hydrogen-bond donors (Lipinski definition) is 2. The Morgan fingerprint density at radius 1 is 1.46 bits per heavy atom. The van der Waals surface area contributed by atoms with E-state index in [0.29, 0.717) is 0 Å². The molecule has 0 aliphatic rings. The van der Waals surface area contributed by atoms with Crippen molar-refractivity contribution in [3.8, 4) is 0 Å². The van der Waals surface area contributed by atoms with Crippen molar-refractivity contribution in [2.75, 3.05) is 0 Å². The summed E-state index contributed by atoms with van der Waals surface area (Å²) in [5, 5.41) is 9.67. The lowest BCUT2D eigenvalue weighted by Crippen LogP contribution is -2.24. The van der Waals surface area contributed by atoms with Crippen LogP contribution in [-0.4, -0.2) is 11.2 Å². The highest BCUT2D eigenvalue weighted by Crippen LogP contribution is 2.17. The minimum absolute atomic E-state index is 0.315. The summed E-state index contributed by atoms with van der Waals surface area (Å²) in [6, 6.07) is 5.06. The van der Waals surface area contributed by atoms with Crippen molar-refractivity contribution in [1.29, 1.82) is 0 Å². The maximum absolute atomic E-state index is 12.9. The van der Waals surface area contributed by atoms with E-state index < -0.39 is 18.2 Å². The number of nitrogens with one attached hydrogen (secondary N) is 1. The second-order valence-corrected chi connectivity index (χ2v) is 2.33. The largest absolute Gasteiger partial charge is 0.465 e. The average molecular weight is 187 g/mol. The predicted octanol–water partition coefficient (Wildman–Crippen LogP) is 2.06. The van der Waals surface area contributed by atoms with Gasteiger partial charge in [0, 0.05) is 5.56 Å². The predicted molar refractivity (Wildman–Crippen MR) is 41.4 cm³/mol. The van der Waals surface area contributed by atoms with E-state index in [4.69, 9.17) is 5.11 Å². The first-order valence-corrected chi connectivity index (χ1v) is 3.49. The normalized spacial score (nSPS) is 12.2. The number of benzene rings is 1. The van der Waals surface area contributed by atoms with Gasteiger partial charge in [-0.2, -0.15) is 0 Å². The molecule has 1 rings (SSSR count).